The lowest BCUT2D eigenvalue weighted by Gasteiger charge is -2.35. The van der Waals surface area contributed by atoms with Crippen LogP contribution in [0.25, 0.3) is 10.9 Å². The molecular formula is C50H67ClN4O15S. The molecule has 71 heavy (non-hydrogen) atoms. The molecule has 2 aromatic rings. The SMILES string of the molecule is CCOc1cc(O[C@@H]2C[C@@H](C(=O)C[C@]3(C(=O)NS(=O)(=O)OC4CC4C)C[C@H]3CC)N(C(=O)[C@@H](CC(=O)OC3CCCC3)C(C)(C)C)C2)c2cccc(Cl)c2n1.O=C(OC1CCCC1)ON1C(=O)CCC1=O. The summed E-state index contributed by atoms with van der Waals surface area (Å²) >= 11 is 6.52. The van der Waals surface area contributed by atoms with Crippen LogP contribution < -0.4 is 14.2 Å². The molecule has 2 unspecified atom stereocenters. The number of amides is 4. The third-order valence-corrected chi connectivity index (χ3v) is 15.7. The first-order chi connectivity index (χ1) is 33.6. The number of hydrogen-bond acceptors (Lipinski definition) is 16. The Bertz CT molecular complexity index is 2450. The van der Waals surface area contributed by atoms with Crippen molar-refractivity contribution in [1.29, 1.82) is 0 Å². The fourth-order valence-corrected chi connectivity index (χ4v) is 11.4. The number of Topliss-reactive ketones (excluding diaryl/α,β-unsaturated/α-hetero) is 1. The van der Waals surface area contributed by atoms with E-state index in [0.29, 0.717) is 58.5 Å². The molecule has 1 aromatic carbocycles. The van der Waals surface area contributed by atoms with Gasteiger partial charge in [0.15, 0.2) is 5.78 Å². The average molecular weight is 1030 g/mol. The van der Waals surface area contributed by atoms with Crippen molar-refractivity contribution in [3.63, 3.8) is 0 Å². The minimum absolute atomic E-state index is 0.0199. The Morgan fingerprint density at radius 1 is 0.930 bits per heavy atom. The fourth-order valence-electron chi connectivity index (χ4n) is 10.1. The van der Waals surface area contributed by atoms with Gasteiger partial charge in [-0.15, -0.1) is 0 Å². The number of benzene rings is 1. The Labute approximate surface area is 419 Å². The van der Waals surface area contributed by atoms with Gasteiger partial charge in [0, 0.05) is 37.1 Å². The van der Waals surface area contributed by atoms with Gasteiger partial charge in [-0.25, -0.2) is 14.5 Å². The zero-order valence-corrected chi connectivity index (χ0v) is 43.0. The highest BCUT2D eigenvalue weighted by atomic mass is 35.5. The molecule has 3 heterocycles. The van der Waals surface area contributed by atoms with Gasteiger partial charge >= 0.3 is 22.4 Å². The van der Waals surface area contributed by atoms with Gasteiger partial charge in [0.05, 0.1) is 53.6 Å². The largest absolute Gasteiger partial charge is 0.534 e. The van der Waals surface area contributed by atoms with E-state index in [1.54, 1.807) is 18.2 Å². The number of nitrogens with zero attached hydrogens (tertiary/aromatic N) is 3. The Hall–Kier alpha value is -5.08. The van der Waals surface area contributed by atoms with Crippen LogP contribution in [0.3, 0.4) is 0 Å². The summed E-state index contributed by atoms with van der Waals surface area (Å²) in [5.74, 6) is -3.29. The molecule has 4 amide bonds. The van der Waals surface area contributed by atoms with Crippen molar-refractivity contribution >= 4 is 74.3 Å². The second-order valence-electron chi connectivity index (χ2n) is 20.8. The van der Waals surface area contributed by atoms with E-state index in [0.717, 1.165) is 51.4 Å². The number of carbonyl (C=O) groups excluding carboxylic acids is 7. The first-order valence-electron chi connectivity index (χ1n) is 25.0. The molecule has 4 aliphatic carbocycles. The Balaban J connectivity index is 0.000000391. The number of carbonyl (C=O) groups is 7. The molecule has 0 bridgehead atoms. The van der Waals surface area contributed by atoms with Gasteiger partial charge in [0.25, 0.3) is 11.8 Å². The van der Waals surface area contributed by atoms with Crippen LogP contribution in [-0.4, -0.2) is 109 Å². The molecule has 19 nitrogen and oxygen atoms in total. The molecule has 4 saturated carbocycles. The number of ketones is 1. The number of fused-ring (bicyclic) bond motifs is 1. The van der Waals surface area contributed by atoms with Crippen LogP contribution >= 0.6 is 11.6 Å². The van der Waals surface area contributed by atoms with Crippen LogP contribution in [0, 0.1) is 28.6 Å². The van der Waals surface area contributed by atoms with E-state index in [1.807, 2.05) is 47.6 Å². The zero-order chi connectivity index (χ0) is 51.4. The first kappa shape index (κ1) is 53.7. The topological polar surface area (TPSA) is 240 Å². The molecule has 8 rings (SSSR count). The number of rotatable bonds is 18. The number of esters is 1. The van der Waals surface area contributed by atoms with Gasteiger partial charge in [0.1, 0.15) is 24.1 Å². The molecule has 1 N–H and O–H groups in total. The number of ether oxygens (including phenoxy) is 4. The van der Waals surface area contributed by atoms with E-state index < -0.39 is 86.8 Å². The van der Waals surface area contributed by atoms with Gasteiger partial charge in [-0.1, -0.05) is 63.8 Å². The Morgan fingerprint density at radius 3 is 2.14 bits per heavy atom. The first-order valence-corrected chi connectivity index (χ1v) is 26.8. The zero-order valence-electron chi connectivity index (χ0n) is 41.4. The molecule has 0 radical (unpaired) electrons. The summed E-state index contributed by atoms with van der Waals surface area (Å²) in [6.07, 6.45) is 6.11. The summed E-state index contributed by atoms with van der Waals surface area (Å²) in [7, 11) is -4.39. The number of pyridine rings is 1. The number of hydroxylamine groups is 2. The van der Waals surface area contributed by atoms with Gasteiger partial charge in [-0.05, 0) is 101 Å². The molecule has 2 saturated heterocycles. The number of likely N-dealkylation sites (tertiary alicyclic amines) is 1. The molecule has 6 fully saturated rings. The van der Waals surface area contributed by atoms with Crippen molar-refractivity contribution in [3.8, 4) is 11.6 Å². The molecule has 2 aliphatic heterocycles. The highest BCUT2D eigenvalue weighted by molar-refractivity contribution is 7.85. The maximum absolute atomic E-state index is 14.7. The van der Waals surface area contributed by atoms with Crippen molar-refractivity contribution in [2.75, 3.05) is 13.2 Å². The van der Waals surface area contributed by atoms with E-state index in [2.05, 4.69) is 14.5 Å². The summed E-state index contributed by atoms with van der Waals surface area (Å²) in [6, 6.07) is 5.94. The van der Waals surface area contributed by atoms with E-state index in [4.69, 9.17) is 34.7 Å². The quantitative estimate of drug-likeness (QED) is 0.112. The standard InChI is InChI=1S/C40H54ClN3O10S.C10H13NO5/c1-7-24-20-40(24,38(48)43-55(49,50)54-32-16-23(32)3)21-31(45)30-17-26(52-33-19-34(51-8-2)42-36-27(33)14-11-15-29(36)41)22-44(30)37(47)28(39(4,5)6)18-35(46)53-25-12-9-10-13-25;12-8-5-6-9(13)11(8)16-10(14)15-7-3-1-2-4-7/h11,14-15,19,23-26,28,30,32H,7-10,12-13,16-18,20-22H2,1-6H3,(H,43,48);7H,1-6H2/t23?,24-,26-,28-,30+,32?,40-;/m1./s1. The molecule has 0 spiro atoms. The van der Waals surface area contributed by atoms with Crippen molar-refractivity contribution in [1.82, 2.24) is 19.7 Å². The van der Waals surface area contributed by atoms with Crippen molar-refractivity contribution < 1.29 is 69.9 Å². The second-order valence-corrected chi connectivity index (χ2v) is 22.5. The number of hydrogen-bond donors (Lipinski definition) is 1. The lowest BCUT2D eigenvalue weighted by Crippen LogP contribution is -2.48. The molecule has 7 atom stereocenters. The molecule has 21 heteroatoms. The van der Waals surface area contributed by atoms with E-state index in [1.165, 1.54) is 4.90 Å². The lowest BCUT2D eigenvalue weighted by atomic mass is 9.77. The van der Waals surface area contributed by atoms with Gasteiger partial charge in [-0.3, -0.25) is 37.8 Å². The van der Waals surface area contributed by atoms with E-state index in [-0.39, 0.29) is 62.7 Å². The predicted octanol–water partition coefficient (Wildman–Crippen LogP) is 7.48. The smallest absolute Gasteiger partial charge is 0.488 e. The van der Waals surface area contributed by atoms with Gasteiger partial charge < -0.3 is 23.8 Å². The Kier molecular flexibility index (Phi) is 16.9. The minimum atomic E-state index is -4.39. The molecule has 390 valence electrons. The van der Waals surface area contributed by atoms with Crippen molar-refractivity contribution in [2.24, 2.45) is 28.6 Å². The fraction of sp³-hybridized carbons (Fsp3) is 0.680. The summed E-state index contributed by atoms with van der Waals surface area (Å²) in [6.45, 7) is 11.6. The third kappa shape index (κ3) is 13.3. The molecule has 6 aliphatic rings. The van der Waals surface area contributed by atoms with Crippen LogP contribution in [0.5, 0.6) is 11.6 Å². The normalized spacial score (nSPS) is 25.9. The van der Waals surface area contributed by atoms with Crippen LogP contribution in [0.1, 0.15) is 144 Å². The summed E-state index contributed by atoms with van der Waals surface area (Å²) < 4.78 is 55.9. The van der Waals surface area contributed by atoms with Crippen LogP contribution in [0.15, 0.2) is 24.3 Å². The predicted molar refractivity (Wildman–Crippen MR) is 255 cm³/mol. The van der Waals surface area contributed by atoms with Crippen molar-refractivity contribution in [2.45, 2.75) is 175 Å². The number of nitrogens with one attached hydrogen (secondary N) is 1. The number of aromatic nitrogens is 1. The second kappa shape index (κ2) is 22.4. The van der Waals surface area contributed by atoms with Crippen molar-refractivity contribution in [3.05, 3.63) is 29.3 Å². The van der Waals surface area contributed by atoms with Gasteiger partial charge in [-0.2, -0.15) is 8.42 Å². The monoisotopic (exact) mass is 1030 g/mol. The van der Waals surface area contributed by atoms with E-state index >= 15 is 0 Å². The number of para-hydroxylation sites is 1. The van der Waals surface area contributed by atoms with Gasteiger partial charge in [0.2, 0.25) is 17.7 Å². The molecular weight excluding hydrogens is 964 g/mol. The van der Waals surface area contributed by atoms with Crippen LogP contribution in [0.4, 0.5) is 4.79 Å². The van der Waals surface area contributed by atoms with Crippen LogP contribution in [-0.2, 0) is 57.6 Å². The maximum Gasteiger partial charge on any atom is 0.534 e. The Morgan fingerprint density at radius 2 is 1.56 bits per heavy atom. The maximum atomic E-state index is 14.7. The molecule has 1 aromatic heterocycles. The lowest BCUT2D eigenvalue weighted by molar-refractivity contribution is -0.178. The number of halogens is 1. The van der Waals surface area contributed by atoms with E-state index in [9.17, 15) is 42.0 Å². The average Bonchev–Trinajstić information content (AvgIpc) is 3.71. The minimum Gasteiger partial charge on any atom is -0.488 e. The third-order valence-electron chi connectivity index (χ3n) is 14.5. The summed E-state index contributed by atoms with van der Waals surface area (Å²) in [4.78, 5) is 100. The van der Waals surface area contributed by atoms with Crippen LogP contribution in [0.2, 0.25) is 5.02 Å². The summed E-state index contributed by atoms with van der Waals surface area (Å²) in [5, 5.41) is 1.52. The summed E-state index contributed by atoms with van der Waals surface area (Å²) in [5.41, 5.74) is -1.48. The number of imide groups is 1. The highest BCUT2D eigenvalue weighted by Crippen LogP contribution is 2.58. The highest BCUT2D eigenvalue weighted by Gasteiger charge is 2.62.